The normalized spacial score (nSPS) is 10.5. The maximum Gasteiger partial charge on any atom is 0.270 e. The minimum atomic E-state index is -0.189. The standard InChI is InChI=1S/C15H15Cl2N3O/c1-9(2)19-15(21)14-6-4-11(8-18-14)20-10-3-5-12(16)13(17)7-10/h3-9,20H,1-2H3,(H,19,21). The number of pyridine rings is 1. The van der Waals surface area contributed by atoms with E-state index in [1.54, 1.807) is 30.5 Å². The summed E-state index contributed by atoms with van der Waals surface area (Å²) in [5.74, 6) is -0.189. The maximum atomic E-state index is 11.8. The summed E-state index contributed by atoms with van der Waals surface area (Å²) in [6.07, 6.45) is 1.59. The van der Waals surface area contributed by atoms with Gasteiger partial charge in [-0.1, -0.05) is 23.2 Å². The Morgan fingerprint density at radius 2 is 1.81 bits per heavy atom. The topological polar surface area (TPSA) is 54.0 Å². The largest absolute Gasteiger partial charge is 0.354 e. The second-order valence-corrected chi connectivity index (χ2v) is 5.63. The molecule has 4 nitrogen and oxygen atoms in total. The zero-order chi connectivity index (χ0) is 15.4. The van der Waals surface area contributed by atoms with Crippen LogP contribution in [0.15, 0.2) is 36.5 Å². The highest BCUT2D eigenvalue weighted by molar-refractivity contribution is 6.42. The zero-order valence-corrected chi connectivity index (χ0v) is 13.2. The molecule has 2 rings (SSSR count). The minimum absolute atomic E-state index is 0.0771. The second-order valence-electron chi connectivity index (χ2n) is 4.81. The first-order chi connectivity index (χ1) is 9.95. The number of hydrogen-bond donors (Lipinski definition) is 2. The van der Waals surface area contributed by atoms with E-state index in [2.05, 4.69) is 15.6 Å². The Morgan fingerprint density at radius 1 is 1.10 bits per heavy atom. The van der Waals surface area contributed by atoms with Crippen LogP contribution in [0.2, 0.25) is 10.0 Å². The van der Waals surface area contributed by atoms with Crippen LogP contribution in [0, 0.1) is 0 Å². The highest BCUT2D eigenvalue weighted by atomic mass is 35.5. The summed E-state index contributed by atoms with van der Waals surface area (Å²) in [5.41, 5.74) is 1.93. The fourth-order valence-electron chi connectivity index (χ4n) is 1.68. The van der Waals surface area contributed by atoms with Gasteiger partial charge in [0.15, 0.2) is 0 Å². The Balaban J connectivity index is 2.08. The first kappa shape index (κ1) is 15.6. The van der Waals surface area contributed by atoms with E-state index in [0.29, 0.717) is 15.7 Å². The fraction of sp³-hybridized carbons (Fsp3) is 0.200. The summed E-state index contributed by atoms with van der Waals surface area (Å²) >= 11 is 11.8. The van der Waals surface area contributed by atoms with Crippen molar-refractivity contribution in [1.29, 1.82) is 0 Å². The number of halogens is 2. The first-order valence-electron chi connectivity index (χ1n) is 6.44. The molecule has 21 heavy (non-hydrogen) atoms. The Labute approximate surface area is 133 Å². The summed E-state index contributed by atoms with van der Waals surface area (Å²) in [6.45, 7) is 3.80. The second kappa shape index (κ2) is 6.78. The quantitative estimate of drug-likeness (QED) is 0.883. The van der Waals surface area contributed by atoms with Gasteiger partial charge >= 0.3 is 0 Å². The number of carbonyl (C=O) groups excluding carboxylic acids is 1. The molecule has 0 aliphatic carbocycles. The lowest BCUT2D eigenvalue weighted by Gasteiger charge is -2.09. The van der Waals surface area contributed by atoms with Gasteiger partial charge in [0.1, 0.15) is 5.69 Å². The summed E-state index contributed by atoms with van der Waals surface area (Å²) in [6, 6.07) is 8.77. The van der Waals surface area contributed by atoms with E-state index in [1.165, 1.54) is 0 Å². The molecule has 0 atom stereocenters. The molecule has 0 unspecified atom stereocenters. The zero-order valence-electron chi connectivity index (χ0n) is 11.7. The minimum Gasteiger partial charge on any atom is -0.354 e. The third-order valence-electron chi connectivity index (χ3n) is 2.62. The molecule has 0 spiro atoms. The molecular formula is C15H15Cl2N3O. The molecule has 2 N–H and O–H groups in total. The molecule has 6 heteroatoms. The Bertz CT molecular complexity index is 642. The van der Waals surface area contributed by atoms with Gasteiger partial charge in [0.25, 0.3) is 5.91 Å². The summed E-state index contributed by atoms with van der Waals surface area (Å²) < 4.78 is 0. The van der Waals surface area contributed by atoms with Crippen molar-refractivity contribution in [3.8, 4) is 0 Å². The Hall–Kier alpha value is -1.78. The monoisotopic (exact) mass is 323 g/mol. The summed E-state index contributed by atoms with van der Waals surface area (Å²) in [5, 5.41) is 6.91. The van der Waals surface area contributed by atoms with Crippen molar-refractivity contribution in [2.45, 2.75) is 19.9 Å². The van der Waals surface area contributed by atoms with Crippen LogP contribution in [0.3, 0.4) is 0 Å². The number of hydrogen-bond acceptors (Lipinski definition) is 3. The average Bonchev–Trinajstić information content (AvgIpc) is 2.43. The predicted molar refractivity (Wildman–Crippen MR) is 86.6 cm³/mol. The molecule has 0 aliphatic heterocycles. The van der Waals surface area contributed by atoms with E-state index in [9.17, 15) is 4.79 Å². The maximum absolute atomic E-state index is 11.8. The van der Waals surface area contributed by atoms with Crippen LogP contribution in [-0.2, 0) is 0 Å². The van der Waals surface area contributed by atoms with E-state index < -0.39 is 0 Å². The van der Waals surface area contributed by atoms with E-state index in [0.717, 1.165) is 11.4 Å². The van der Waals surface area contributed by atoms with Crippen LogP contribution in [0.4, 0.5) is 11.4 Å². The molecule has 0 bridgehead atoms. The molecule has 0 saturated heterocycles. The summed E-state index contributed by atoms with van der Waals surface area (Å²) in [4.78, 5) is 15.9. The van der Waals surface area contributed by atoms with Gasteiger partial charge < -0.3 is 10.6 Å². The van der Waals surface area contributed by atoms with Crippen molar-refractivity contribution in [2.24, 2.45) is 0 Å². The van der Waals surface area contributed by atoms with Crippen LogP contribution in [-0.4, -0.2) is 16.9 Å². The molecule has 0 fully saturated rings. The van der Waals surface area contributed by atoms with E-state index in [1.807, 2.05) is 19.9 Å². The number of nitrogens with zero attached hydrogens (tertiary/aromatic N) is 1. The SMILES string of the molecule is CC(C)NC(=O)c1ccc(Nc2ccc(Cl)c(Cl)c2)cn1. The lowest BCUT2D eigenvalue weighted by atomic mass is 10.2. The van der Waals surface area contributed by atoms with Gasteiger partial charge in [0.2, 0.25) is 0 Å². The molecule has 0 radical (unpaired) electrons. The van der Waals surface area contributed by atoms with Crippen molar-refractivity contribution in [3.05, 3.63) is 52.3 Å². The van der Waals surface area contributed by atoms with Gasteiger partial charge in [0.05, 0.1) is 21.9 Å². The van der Waals surface area contributed by atoms with Crippen LogP contribution in [0.1, 0.15) is 24.3 Å². The first-order valence-corrected chi connectivity index (χ1v) is 7.20. The Morgan fingerprint density at radius 3 is 2.38 bits per heavy atom. The molecule has 0 aliphatic rings. The van der Waals surface area contributed by atoms with Gasteiger partial charge in [-0.25, -0.2) is 4.98 Å². The van der Waals surface area contributed by atoms with Crippen molar-refractivity contribution < 1.29 is 4.79 Å². The van der Waals surface area contributed by atoms with Crippen LogP contribution in [0.25, 0.3) is 0 Å². The lowest BCUT2D eigenvalue weighted by molar-refractivity contribution is 0.0938. The molecular weight excluding hydrogens is 309 g/mol. The number of amides is 1. The molecule has 1 aromatic heterocycles. The van der Waals surface area contributed by atoms with Crippen LogP contribution < -0.4 is 10.6 Å². The number of carbonyl (C=O) groups is 1. The number of nitrogens with one attached hydrogen (secondary N) is 2. The number of anilines is 2. The number of aromatic nitrogens is 1. The van der Waals surface area contributed by atoms with Crippen LogP contribution in [0.5, 0.6) is 0 Å². The highest BCUT2D eigenvalue weighted by Crippen LogP contribution is 2.26. The van der Waals surface area contributed by atoms with Gasteiger partial charge in [0, 0.05) is 11.7 Å². The van der Waals surface area contributed by atoms with Gasteiger partial charge in [-0.05, 0) is 44.2 Å². The van der Waals surface area contributed by atoms with E-state index in [-0.39, 0.29) is 11.9 Å². The van der Waals surface area contributed by atoms with Gasteiger partial charge in [-0.15, -0.1) is 0 Å². The van der Waals surface area contributed by atoms with Crippen LogP contribution >= 0.6 is 23.2 Å². The molecule has 2 aromatic rings. The van der Waals surface area contributed by atoms with Crippen molar-refractivity contribution in [1.82, 2.24) is 10.3 Å². The van der Waals surface area contributed by atoms with Gasteiger partial charge in [-0.2, -0.15) is 0 Å². The van der Waals surface area contributed by atoms with Crippen molar-refractivity contribution in [3.63, 3.8) is 0 Å². The number of benzene rings is 1. The van der Waals surface area contributed by atoms with Crippen molar-refractivity contribution >= 4 is 40.5 Å². The molecule has 1 aromatic carbocycles. The molecule has 110 valence electrons. The third kappa shape index (κ3) is 4.34. The molecule has 1 heterocycles. The smallest absolute Gasteiger partial charge is 0.270 e. The molecule has 1 amide bonds. The molecule has 0 saturated carbocycles. The highest BCUT2D eigenvalue weighted by Gasteiger charge is 2.08. The lowest BCUT2D eigenvalue weighted by Crippen LogP contribution is -2.30. The average molecular weight is 324 g/mol. The van der Waals surface area contributed by atoms with Crippen molar-refractivity contribution in [2.75, 3.05) is 5.32 Å². The fourth-order valence-corrected chi connectivity index (χ4v) is 1.98. The van der Waals surface area contributed by atoms with E-state index >= 15 is 0 Å². The predicted octanol–water partition coefficient (Wildman–Crippen LogP) is 4.27. The van der Waals surface area contributed by atoms with Gasteiger partial charge in [-0.3, -0.25) is 4.79 Å². The summed E-state index contributed by atoms with van der Waals surface area (Å²) in [7, 11) is 0. The third-order valence-corrected chi connectivity index (χ3v) is 3.36. The number of rotatable bonds is 4. The Kier molecular flexibility index (Phi) is 5.04. The van der Waals surface area contributed by atoms with E-state index in [4.69, 9.17) is 23.2 Å².